The SMILES string of the molecule is c1ccc([C@@H]2C[C@H]3Cc4ccccc4N2O3)cc1. The fourth-order valence-corrected chi connectivity index (χ4v) is 3.06. The first kappa shape index (κ1) is 10.2. The number of hydroxylamine groups is 1. The third-order valence-corrected chi connectivity index (χ3v) is 3.89. The van der Waals surface area contributed by atoms with Crippen molar-refractivity contribution in [1.82, 2.24) is 0 Å². The maximum absolute atomic E-state index is 6.02. The van der Waals surface area contributed by atoms with E-state index in [1.165, 1.54) is 16.8 Å². The van der Waals surface area contributed by atoms with Gasteiger partial charge in [-0.15, -0.1) is 0 Å². The predicted molar refractivity (Wildman–Crippen MR) is 71.3 cm³/mol. The molecule has 2 aromatic carbocycles. The molecule has 2 atom stereocenters. The van der Waals surface area contributed by atoms with Gasteiger partial charge in [0.25, 0.3) is 0 Å². The average Bonchev–Trinajstić information content (AvgIpc) is 2.78. The van der Waals surface area contributed by atoms with Crippen LogP contribution in [-0.4, -0.2) is 6.10 Å². The van der Waals surface area contributed by atoms with E-state index in [4.69, 9.17) is 4.84 Å². The highest BCUT2D eigenvalue weighted by molar-refractivity contribution is 5.56. The number of benzene rings is 2. The molecule has 2 nitrogen and oxygen atoms in total. The molecule has 0 saturated carbocycles. The molecule has 0 unspecified atom stereocenters. The smallest absolute Gasteiger partial charge is 0.0921 e. The standard InChI is InChI=1S/C16H15NO/c1-2-6-12(7-3-1)16-11-14-10-13-8-4-5-9-15(13)17(16)18-14/h1-9,14,16H,10-11H2/t14-,16+/m1/s1. The number of nitrogens with zero attached hydrogens (tertiary/aromatic N) is 1. The van der Waals surface area contributed by atoms with Crippen molar-refractivity contribution >= 4 is 5.69 Å². The summed E-state index contributed by atoms with van der Waals surface area (Å²) in [6.07, 6.45) is 2.46. The molecule has 2 aromatic rings. The average molecular weight is 237 g/mol. The first-order valence-electron chi connectivity index (χ1n) is 6.51. The van der Waals surface area contributed by atoms with Crippen LogP contribution in [0.3, 0.4) is 0 Å². The van der Waals surface area contributed by atoms with Crippen LogP contribution in [0.4, 0.5) is 5.69 Å². The van der Waals surface area contributed by atoms with Crippen LogP contribution in [-0.2, 0) is 11.3 Å². The Bertz CT molecular complexity index is 566. The van der Waals surface area contributed by atoms with E-state index in [1.807, 2.05) is 0 Å². The van der Waals surface area contributed by atoms with Crippen LogP contribution in [0.1, 0.15) is 23.6 Å². The van der Waals surface area contributed by atoms with Crippen molar-refractivity contribution in [1.29, 1.82) is 0 Å². The Morgan fingerprint density at radius 3 is 2.61 bits per heavy atom. The summed E-state index contributed by atoms with van der Waals surface area (Å²) in [6, 6.07) is 19.6. The van der Waals surface area contributed by atoms with Gasteiger partial charge in [-0.2, -0.15) is 0 Å². The van der Waals surface area contributed by atoms with E-state index >= 15 is 0 Å². The molecule has 2 aliphatic heterocycles. The fraction of sp³-hybridized carbons (Fsp3) is 0.250. The fourth-order valence-electron chi connectivity index (χ4n) is 3.06. The zero-order valence-corrected chi connectivity index (χ0v) is 10.1. The predicted octanol–water partition coefficient (Wildman–Crippen LogP) is 3.49. The molecule has 2 bridgehead atoms. The third kappa shape index (κ3) is 1.46. The molecule has 0 amide bonds. The van der Waals surface area contributed by atoms with Gasteiger partial charge >= 0.3 is 0 Å². The minimum absolute atomic E-state index is 0.338. The molecule has 0 radical (unpaired) electrons. The van der Waals surface area contributed by atoms with Gasteiger partial charge < -0.3 is 0 Å². The molecule has 0 aromatic heterocycles. The van der Waals surface area contributed by atoms with Gasteiger partial charge in [0, 0.05) is 12.8 Å². The summed E-state index contributed by atoms with van der Waals surface area (Å²) in [4.78, 5) is 6.02. The van der Waals surface area contributed by atoms with Crippen molar-refractivity contribution < 1.29 is 4.84 Å². The molecular weight excluding hydrogens is 222 g/mol. The van der Waals surface area contributed by atoms with Crippen LogP contribution < -0.4 is 5.06 Å². The number of hydrogen-bond donors (Lipinski definition) is 0. The molecule has 1 fully saturated rings. The quantitative estimate of drug-likeness (QED) is 0.752. The molecule has 2 heterocycles. The second kappa shape index (κ2) is 3.85. The highest BCUT2D eigenvalue weighted by atomic mass is 16.7. The second-order valence-electron chi connectivity index (χ2n) is 5.05. The lowest BCUT2D eigenvalue weighted by Gasteiger charge is -2.30. The zero-order valence-electron chi connectivity index (χ0n) is 10.1. The summed E-state index contributed by atoms with van der Waals surface area (Å²) < 4.78 is 0. The molecule has 1 saturated heterocycles. The molecular formula is C16H15NO. The first-order valence-corrected chi connectivity index (χ1v) is 6.51. The molecule has 0 N–H and O–H groups in total. The van der Waals surface area contributed by atoms with Gasteiger partial charge in [-0.1, -0.05) is 48.5 Å². The van der Waals surface area contributed by atoms with E-state index in [-0.39, 0.29) is 0 Å². The Balaban J connectivity index is 1.78. The molecule has 4 rings (SSSR count). The lowest BCUT2D eigenvalue weighted by Crippen LogP contribution is -2.27. The summed E-state index contributed by atoms with van der Waals surface area (Å²) >= 11 is 0. The zero-order chi connectivity index (χ0) is 11.9. The van der Waals surface area contributed by atoms with Crippen LogP contribution in [0, 0.1) is 0 Å². The van der Waals surface area contributed by atoms with Crippen LogP contribution in [0.5, 0.6) is 0 Å². The monoisotopic (exact) mass is 237 g/mol. The van der Waals surface area contributed by atoms with E-state index in [2.05, 4.69) is 59.7 Å². The van der Waals surface area contributed by atoms with Crippen molar-refractivity contribution in [3.05, 3.63) is 65.7 Å². The number of anilines is 1. The van der Waals surface area contributed by atoms with Crippen LogP contribution in [0.15, 0.2) is 54.6 Å². The summed E-state index contributed by atoms with van der Waals surface area (Å²) in [5, 5.41) is 2.11. The van der Waals surface area contributed by atoms with Gasteiger partial charge in [0.1, 0.15) is 0 Å². The summed E-state index contributed by atoms with van der Waals surface area (Å²) in [6.45, 7) is 0. The van der Waals surface area contributed by atoms with Crippen molar-refractivity contribution in [2.45, 2.75) is 25.0 Å². The summed E-state index contributed by atoms with van der Waals surface area (Å²) in [7, 11) is 0. The number of rotatable bonds is 1. The van der Waals surface area contributed by atoms with Crippen molar-refractivity contribution in [2.24, 2.45) is 0 Å². The Hall–Kier alpha value is -1.80. The Morgan fingerprint density at radius 2 is 1.72 bits per heavy atom. The van der Waals surface area contributed by atoms with Gasteiger partial charge in [0.2, 0.25) is 0 Å². The highest BCUT2D eigenvalue weighted by Gasteiger charge is 2.39. The minimum Gasteiger partial charge on any atom is -0.269 e. The van der Waals surface area contributed by atoms with Crippen molar-refractivity contribution in [3.63, 3.8) is 0 Å². The third-order valence-electron chi connectivity index (χ3n) is 3.89. The maximum atomic E-state index is 6.02. The Morgan fingerprint density at radius 1 is 0.944 bits per heavy atom. The molecule has 2 heteroatoms. The van der Waals surface area contributed by atoms with E-state index in [0.717, 1.165) is 12.8 Å². The van der Waals surface area contributed by atoms with E-state index in [1.54, 1.807) is 0 Å². The Labute approximate surface area is 107 Å². The first-order chi connectivity index (χ1) is 8.92. The van der Waals surface area contributed by atoms with Gasteiger partial charge in [-0.3, -0.25) is 4.84 Å². The molecule has 90 valence electrons. The Kier molecular flexibility index (Phi) is 2.17. The summed E-state index contributed by atoms with van der Waals surface area (Å²) in [5.74, 6) is 0. The van der Waals surface area contributed by atoms with Gasteiger partial charge in [-0.05, 0) is 17.2 Å². The molecule has 0 aliphatic carbocycles. The lowest BCUT2D eigenvalue weighted by molar-refractivity contribution is 0.0734. The van der Waals surface area contributed by atoms with Gasteiger partial charge in [0.05, 0.1) is 17.8 Å². The highest BCUT2D eigenvalue weighted by Crippen LogP contribution is 2.44. The topological polar surface area (TPSA) is 12.5 Å². The molecule has 18 heavy (non-hydrogen) atoms. The normalized spacial score (nSPS) is 25.0. The lowest BCUT2D eigenvalue weighted by atomic mass is 10.0. The largest absolute Gasteiger partial charge is 0.269 e. The van der Waals surface area contributed by atoms with Crippen LogP contribution >= 0.6 is 0 Å². The van der Waals surface area contributed by atoms with E-state index < -0.39 is 0 Å². The van der Waals surface area contributed by atoms with Crippen LogP contribution in [0.2, 0.25) is 0 Å². The number of hydrogen-bond acceptors (Lipinski definition) is 2. The van der Waals surface area contributed by atoms with Crippen LogP contribution in [0.25, 0.3) is 0 Å². The van der Waals surface area contributed by atoms with Gasteiger partial charge in [-0.25, -0.2) is 5.06 Å². The van der Waals surface area contributed by atoms with Crippen molar-refractivity contribution in [2.75, 3.05) is 5.06 Å². The number of fused-ring (bicyclic) bond motifs is 4. The molecule has 0 spiro atoms. The summed E-state index contributed by atoms with van der Waals surface area (Å²) in [5.41, 5.74) is 3.99. The van der Waals surface area contributed by atoms with Gasteiger partial charge in [0.15, 0.2) is 0 Å². The molecule has 2 aliphatic rings. The maximum Gasteiger partial charge on any atom is 0.0921 e. The van der Waals surface area contributed by atoms with E-state index in [9.17, 15) is 0 Å². The van der Waals surface area contributed by atoms with Crippen molar-refractivity contribution in [3.8, 4) is 0 Å². The van der Waals surface area contributed by atoms with E-state index in [0.29, 0.717) is 12.1 Å². The minimum atomic E-state index is 0.338. The second-order valence-corrected chi connectivity index (χ2v) is 5.05. The number of para-hydroxylation sites is 1.